The minimum Gasteiger partial charge on any atom is -0.494 e. The highest BCUT2D eigenvalue weighted by Gasteiger charge is 2.10. The zero-order valence-electron chi connectivity index (χ0n) is 10.2. The largest absolute Gasteiger partial charge is 0.494 e. The van der Waals surface area contributed by atoms with Crippen molar-refractivity contribution in [3.63, 3.8) is 0 Å². The molecular weight excluding hydrogens is 205 g/mol. The number of halogens is 1. The molecule has 0 amide bonds. The Morgan fingerprint density at radius 1 is 1.38 bits per heavy atom. The monoisotopic (exact) mass is 225 g/mol. The van der Waals surface area contributed by atoms with E-state index in [0.717, 1.165) is 13.0 Å². The Kier molecular flexibility index (Phi) is 5.26. The summed E-state index contributed by atoms with van der Waals surface area (Å²) in [6.45, 7) is 7.40. The molecule has 0 fully saturated rings. The molecule has 3 heteroatoms. The first kappa shape index (κ1) is 13.0. The second-order valence-electron chi connectivity index (χ2n) is 3.79. The van der Waals surface area contributed by atoms with Crippen LogP contribution in [0.1, 0.15) is 38.8 Å². The van der Waals surface area contributed by atoms with Crippen LogP contribution in [0.3, 0.4) is 0 Å². The highest BCUT2D eigenvalue weighted by Crippen LogP contribution is 2.21. The van der Waals surface area contributed by atoms with Gasteiger partial charge in [0.15, 0.2) is 0 Å². The lowest BCUT2D eigenvalue weighted by molar-refractivity contribution is 0.337. The van der Waals surface area contributed by atoms with Crippen molar-refractivity contribution in [2.24, 2.45) is 0 Å². The van der Waals surface area contributed by atoms with Crippen molar-refractivity contribution in [1.29, 1.82) is 0 Å². The molecule has 0 saturated heterocycles. The zero-order valence-corrected chi connectivity index (χ0v) is 10.2. The van der Waals surface area contributed by atoms with E-state index < -0.39 is 0 Å². The Morgan fingerprint density at radius 3 is 2.69 bits per heavy atom. The van der Waals surface area contributed by atoms with Crippen LogP contribution in [0.5, 0.6) is 5.75 Å². The van der Waals surface area contributed by atoms with Crippen molar-refractivity contribution in [2.75, 3.05) is 13.2 Å². The fourth-order valence-corrected chi connectivity index (χ4v) is 1.59. The maximum absolute atomic E-state index is 13.7. The van der Waals surface area contributed by atoms with E-state index in [1.165, 1.54) is 6.07 Å². The Hall–Kier alpha value is -1.09. The van der Waals surface area contributed by atoms with Gasteiger partial charge in [-0.3, -0.25) is 0 Å². The molecule has 2 nitrogen and oxygen atoms in total. The quantitative estimate of drug-likeness (QED) is 0.802. The molecule has 0 aliphatic carbocycles. The van der Waals surface area contributed by atoms with E-state index in [1.54, 1.807) is 6.07 Å². The normalized spacial score (nSPS) is 12.5. The number of nitrogens with one attached hydrogen (secondary N) is 1. The lowest BCUT2D eigenvalue weighted by atomic mass is 10.1. The third-order valence-corrected chi connectivity index (χ3v) is 2.45. The highest BCUT2D eigenvalue weighted by atomic mass is 19.1. The Labute approximate surface area is 96.8 Å². The average molecular weight is 225 g/mol. The lowest BCUT2D eigenvalue weighted by Gasteiger charge is -2.15. The van der Waals surface area contributed by atoms with E-state index in [9.17, 15) is 4.39 Å². The SMILES string of the molecule is CCCNC(C)c1ccc(OCC)cc1F. The number of rotatable bonds is 6. The van der Waals surface area contributed by atoms with Crippen LogP contribution in [0.15, 0.2) is 18.2 Å². The molecule has 0 saturated carbocycles. The van der Waals surface area contributed by atoms with Gasteiger partial charge in [-0.25, -0.2) is 4.39 Å². The first-order valence-corrected chi connectivity index (χ1v) is 5.84. The second-order valence-corrected chi connectivity index (χ2v) is 3.79. The van der Waals surface area contributed by atoms with E-state index in [2.05, 4.69) is 12.2 Å². The highest BCUT2D eigenvalue weighted by molar-refractivity contribution is 5.30. The minimum absolute atomic E-state index is 0.0376. The molecule has 0 aliphatic heterocycles. The number of hydrogen-bond donors (Lipinski definition) is 1. The summed E-state index contributed by atoms with van der Waals surface area (Å²) in [5.41, 5.74) is 0.692. The van der Waals surface area contributed by atoms with E-state index in [0.29, 0.717) is 17.9 Å². The molecule has 0 aliphatic rings. The standard InChI is InChI=1S/C13H20FNO/c1-4-8-15-10(3)12-7-6-11(16-5-2)9-13(12)14/h6-7,9-10,15H,4-5,8H2,1-3H3. The topological polar surface area (TPSA) is 21.3 Å². The van der Waals surface area contributed by atoms with Crippen LogP contribution in [-0.4, -0.2) is 13.2 Å². The van der Waals surface area contributed by atoms with Crippen LogP contribution in [0.2, 0.25) is 0 Å². The van der Waals surface area contributed by atoms with E-state index in [4.69, 9.17) is 4.74 Å². The summed E-state index contributed by atoms with van der Waals surface area (Å²) in [5.74, 6) is 0.383. The minimum atomic E-state index is -0.206. The molecular formula is C13H20FNO. The predicted octanol–water partition coefficient (Wildman–Crippen LogP) is 3.29. The summed E-state index contributed by atoms with van der Waals surface area (Å²) in [7, 11) is 0. The Bertz CT molecular complexity index is 328. The Morgan fingerprint density at radius 2 is 2.12 bits per heavy atom. The molecule has 0 spiro atoms. The molecule has 1 aromatic rings. The van der Waals surface area contributed by atoms with Crippen molar-refractivity contribution < 1.29 is 9.13 Å². The van der Waals surface area contributed by atoms with Gasteiger partial charge >= 0.3 is 0 Å². The fraction of sp³-hybridized carbons (Fsp3) is 0.538. The van der Waals surface area contributed by atoms with Gasteiger partial charge < -0.3 is 10.1 Å². The summed E-state index contributed by atoms with van der Waals surface area (Å²) in [4.78, 5) is 0. The van der Waals surface area contributed by atoms with Crippen molar-refractivity contribution in [3.05, 3.63) is 29.6 Å². The lowest BCUT2D eigenvalue weighted by Crippen LogP contribution is -2.20. The average Bonchev–Trinajstić information content (AvgIpc) is 2.26. The van der Waals surface area contributed by atoms with Gasteiger partial charge in [-0.1, -0.05) is 13.0 Å². The summed E-state index contributed by atoms with van der Waals surface area (Å²) in [5, 5.41) is 3.26. The molecule has 1 rings (SSSR count). The van der Waals surface area contributed by atoms with Gasteiger partial charge in [-0.15, -0.1) is 0 Å². The van der Waals surface area contributed by atoms with Gasteiger partial charge in [-0.05, 0) is 32.9 Å². The first-order valence-electron chi connectivity index (χ1n) is 5.84. The van der Waals surface area contributed by atoms with Gasteiger partial charge in [0.1, 0.15) is 11.6 Å². The fourth-order valence-electron chi connectivity index (χ4n) is 1.59. The second kappa shape index (κ2) is 6.48. The maximum Gasteiger partial charge on any atom is 0.131 e. The van der Waals surface area contributed by atoms with Crippen LogP contribution in [0.25, 0.3) is 0 Å². The molecule has 0 radical (unpaired) electrons. The molecule has 0 aromatic heterocycles. The number of benzene rings is 1. The van der Waals surface area contributed by atoms with E-state index >= 15 is 0 Å². The molecule has 1 atom stereocenters. The van der Waals surface area contributed by atoms with E-state index in [1.807, 2.05) is 19.9 Å². The third kappa shape index (κ3) is 3.49. The van der Waals surface area contributed by atoms with Crippen molar-refractivity contribution in [2.45, 2.75) is 33.2 Å². The van der Waals surface area contributed by atoms with Gasteiger partial charge in [0, 0.05) is 17.7 Å². The number of hydrogen-bond acceptors (Lipinski definition) is 2. The molecule has 1 aromatic carbocycles. The molecule has 1 N–H and O–H groups in total. The molecule has 1 unspecified atom stereocenters. The van der Waals surface area contributed by atoms with Crippen molar-refractivity contribution >= 4 is 0 Å². The molecule has 0 bridgehead atoms. The molecule has 0 heterocycles. The maximum atomic E-state index is 13.7. The van der Waals surface area contributed by atoms with Gasteiger partial charge in [-0.2, -0.15) is 0 Å². The van der Waals surface area contributed by atoms with Gasteiger partial charge in [0.2, 0.25) is 0 Å². The van der Waals surface area contributed by atoms with Crippen LogP contribution < -0.4 is 10.1 Å². The number of ether oxygens (including phenoxy) is 1. The van der Waals surface area contributed by atoms with Crippen molar-refractivity contribution in [3.8, 4) is 5.75 Å². The smallest absolute Gasteiger partial charge is 0.131 e. The summed E-state index contributed by atoms with van der Waals surface area (Å²) >= 11 is 0. The molecule has 16 heavy (non-hydrogen) atoms. The van der Waals surface area contributed by atoms with E-state index in [-0.39, 0.29) is 11.9 Å². The van der Waals surface area contributed by atoms with Crippen LogP contribution in [0.4, 0.5) is 4.39 Å². The third-order valence-electron chi connectivity index (χ3n) is 2.45. The van der Waals surface area contributed by atoms with Crippen molar-refractivity contribution in [1.82, 2.24) is 5.32 Å². The molecule has 90 valence electrons. The predicted molar refractivity (Wildman–Crippen MR) is 64.3 cm³/mol. The zero-order chi connectivity index (χ0) is 12.0. The van der Waals surface area contributed by atoms with Gasteiger partial charge in [0.25, 0.3) is 0 Å². The van der Waals surface area contributed by atoms with Gasteiger partial charge in [0.05, 0.1) is 6.61 Å². The summed E-state index contributed by atoms with van der Waals surface area (Å²) in [6, 6.07) is 5.08. The summed E-state index contributed by atoms with van der Waals surface area (Å²) < 4.78 is 19.0. The summed E-state index contributed by atoms with van der Waals surface area (Å²) in [6.07, 6.45) is 1.04. The van der Waals surface area contributed by atoms with Crippen LogP contribution in [-0.2, 0) is 0 Å². The Balaban J connectivity index is 2.73. The first-order chi connectivity index (χ1) is 7.69. The van der Waals surface area contributed by atoms with Crippen LogP contribution >= 0.6 is 0 Å². The van der Waals surface area contributed by atoms with Crippen LogP contribution in [0, 0.1) is 5.82 Å².